The van der Waals surface area contributed by atoms with Gasteiger partial charge in [-0.05, 0) is 35.6 Å². The molecule has 0 saturated carbocycles. The summed E-state index contributed by atoms with van der Waals surface area (Å²) in [6, 6.07) is 16.3. The van der Waals surface area contributed by atoms with Crippen molar-refractivity contribution in [3.05, 3.63) is 71.4 Å². The summed E-state index contributed by atoms with van der Waals surface area (Å²) < 4.78 is 10.4. The van der Waals surface area contributed by atoms with Crippen LogP contribution < -0.4 is 10.6 Å². The van der Waals surface area contributed by atoms with Gasteiger partial charge in [-0.1, -0.05) is 53.7 Å². The van der Waals surface area contributed by atoms with E-state index in [9.17, 15) is 14.4 Å². The van der Waals surface area contributed by atoms with Crippen LogP contribution in [-0.4, -0.2) is 40.9 Å². The third kappa shape index (κ3) is 5.03. The van der Waals surface area contributed by atoms with Crippen LogP contribution >= 0.6 is 0 Å². The van der Waals surface area contributed by atoms with Crippen molar-refractivity contribution in [2.45, 2.75) is 31.7 Å². The van der Waals surface area contributed by atoms with Gasteiger partial charge < -0.3 is 19.7 Å². The number of carboxylic acid groups (broad SMARTS) is 1. The second kappa shape index (κ2) is 9.56. The highest BCUT2D eigenvalue weighted by Crippen LogP contribution is 2.44. The zero-order valence-corrected chi connectivity index (χ0v) is 17.9. The standard InChI is InChI=1S/C24H23N3O6/c1-14-12-21(33-27-14)26-23(30)20(10-11-22(28)29)25-24(31)32-13-19-17-8-4-2-6-15(17)16-7-3-5-9-18(16)19/h2-9,12,19-20H,10-11,13H2,1H3,(H,25,31)(H,26,30)(H,28,29). The van der Waals surface area contributed by atoms with Gasteiger partial charge in [-0.3, -0.25) is 14.9 Å². The molecule has 1 unspecified atom stereocenters. The maximum atomic E-state index is 12.6. The minimum atomic E-state index is -1.12. The third-order valence-corrected chi connectivity index (χ3v) is 5.47. The van der Waals surface area contributed by atoms with E-state index >= 15 is 0 Å². The van der Waals surface area contributed by atoms with Crippen molar-refractivity contribution < 1.29 is 28.8 Å². The number of aliphatic carboxylic acids is 1. The lowest BCUT2D eigenvalue weighted by atomic mass is 9.98. The number of hydrogen-bond acceptors (Lipinski definition) is 6. The largest absolute Gasteiger partial charge is 0.481 e. The van der Waals surface area contributed by atoms with E-state index in [1.165, 1.54) is 6.07 Å². The van der Waals surface area contributed by atoms with Crippen LogP contribution in [0.5, 0.6) is 0 Å². The number of amides is 2. The minimum Gasteiger partial charge on any atom is -0.481 e. The number of aromatic nitrogens is 1. The number of nitrogens with zero attached hydrogens (tertiary/aromatic N) is 1. The van der Waals surface area contributed by atoms with Crippen molar-refractivity contribution in [2.24, 2.45) is 0 Å². The second-order valence-electron chi connectivity index (χ2n) is 7.78. The summed E-state index contributed by atoms with van der Waals surface area (Å²) in [5.41, 5.74) is 4.89. The lowest BCUT2D eigenvalue weighted by Gasteiger charge is -2.18. The number of ether oxygens (including phenoxy) is 1. The van der Waals surface area contributed by atoms with Crippen LogP contribution in [0.4, 0.5) is 10.7 Å². The molecule has 3 aromatic rings. The number of carbonyl (C=O) groups is 3. The summed E-state index contributed by atoms with van der Waals surface area (Å²) in [7, 11) is 0. The number of benzene rings is 2. The van der Waals surface area contributed by atoms with Crippen molar-refractivity contribution in [1.82, 2.24) is 10.5 Å². The molecule has 4 rings (SSSR count). The molecule has 1 heterocycles. The summed E-state index contributed by atoms with van der Waals surface area (Å²) in [6.45, 7) is 1.77. The fraction of sp³-hybridized carbons (Fsp3) is 0.250. The molecule has 1 aliphatic rings. The molecular weight excluding hydrogens is 426 g/mol. The van der Waals surface area contributed by atoms with Crippen molar-refractivity contribution in [3.8, 4) is 11.1 Å². The molecule has 2 aromatic carbocycles. The fourth-order valence-corrected chi connectivity index (χ4v) is 3.95. The van der Waals surface area contributed by atoms with E-state index in [0.717, 1.165) is 22.3 Å². The fourth-order valence-electron chi connectivity index (χ4n) is 3.95. The van der Waals surface area contributed by atoms with E-state index < -0.39 is 24.0 Å². The van der Waals surface area contributed by atoms with Gasteiger partial charge in [0.25, 0.3) is 0 Å². The van der Waals surface area contributed by atoms with E-state index in [2.05, 4.69) is 15.8 Å². The van der Waals surface area contributed by atoms with Gasteiger partial charge in [-0.15, -0.1) is 0 Å². The number of carbonyl (C=O) groups excluding carboxylic acids is 2. The van der Waals surface area contributed by atoms with Crippen molar-refractivity contribution in [2.75, 3.05) is 11.9 Å². The molecule has 9 heteroatoms. The number of rotatable bonds is 8. The number of anilines is 1. The van der Waals surface area contributed by atoms with Crippen LogP contribution in [0, 0.1) is 6.92 Å². The van der Waals surface area contributed by atoms with Crippen LogP contribution in [0.3, 0.4) is 0 Å². The molecule has 0 radical (unpaired) electrons. The van der Waals surface area contributed by atoms with Crippen LogP contribution in [-0.2, 0) is 14.3 Å². The van der Waals surface area contributed by atoms with E-state index in [1.54, 1.807) is 6.92 Å². The van der Waals surface area contributed by atoms with Gasteiger partial charge in [0, 0.05) is 18.4 Å². The Balaban J connectivity index is 1.42. The molecule has 1 aliphatic carbocycles. The van der Waals surface area contributed by atoms with E-state index in [-0.39, 0.29) is 31.3 Å². The number of carboxylic acids is 1. The Bertz CT molecular complexity index is 1140. The Morgan fingerprint density at radius 1 is 1.09 bits per heavy atom. The lowest BCUT2D eigenvalue weighted by Crippen LogP contribution is -2.44. The van der Waals surface area contributed by atoms with Gasteiger partial charge in [0.1, 0.15) is 12.6 Å². The number of alkyl carbamates (subject to hydrolysis) is 1. The molecule has 3 N–H and O–H groups in total. The van der Waals surface area contributed by atoms with Crippen molar-refractivity contribution in [1.29, 1.82) is 0 Å². The number of hydrogen-bond donors (Lipinski definition) is 3. The third-order valence-electron chi connectivity index (χ3n) is 5.47. The normalized spacial score (nSPS) is 13.0. The molecule has 33 heavy (non-hydrogen) atoms. The van der Waals surface area contributed by atoms with Crippen LogP contribution in [0.1, 0.15) is 35.6 Å². The SMILES string of the molecule is Cc1cc(NC(=O)C(CCC(=O)O)NC(=O)OCC2c3ccccc3-c3ccccc32)on1. The molecule has 1 atom stereocenters. The maximum Gasteiger partial charge on any atom is 0.407 e. The molecule has 2 amide bonds. The Morgan fingerprint density at radius 2 is 1.73 bits per heavy atom. The zero-order chi connectivity index (χ0) is 23.4. The number of nitrogens with one attached hydrogen (secondary N) is 2. The predicted octanol–water partition coefficient (Wildman–Crippen LogP) is 3.69. The first-order chi connectivity index (χ1) is 15.9. The smallest absolute Gasteiger partial charge is 0.407 e. The van der Waals surface area contributed by atoms with Crippen LogP contribution in [0.15, 0.2) is 59.1 Å². The highest BCUT2D eigenvalue weighted by Gasteiger charge is 2.30. The lowest BCUT2D eigenvalue weighted by molar-refractivity contribution is -0.137. The van der Waals surface area contributed by atoms with Crippen LogP contribution in [0.25, 0.3) is 11.1 Å². The molecular formula is C24H23N3O6. The van der Waals surface area contributed by atoms with E-state index in [4.69, 9.17) is 14.4 Å². The van der Waals surface area contributed by atoms with Gasteiger partial charge in [0.15, 0.2) is 0 Å². The molecule has 9 nitrogen and oxygen atoms in total. The Morgan fingerprint density at radius 3 is 2.30 bits per heavy atom. The predicted molar refractivity (Wildman–Crippen MR) is 119 cm³/mol. The first kappa shape index (κ1) is 22.1. The molecule has 170 valence electrons. The van der Waals surface area contributed by atoms with Crippen molar-refractivity contribution in [3.63, 3.8) is 0 Å². The summed E-state index contributed by atoms with van der Waals surface area (Å²) in [6.07, 6.45) is -1.23. The Labute approximate surface area is 189 Å². The monoisotopic (exact) mass is 449 g/mol. The summed E-state index contributed by atoms with van der Waals surface area (Å²) >= 11 is 0. The first-order valence-corrected chi connectivity index (χ1v) is 10.5. The topological polar surface area (TPSA) is 131 Å². The Kier molecular flexibility index (Phi) is 6.39. The molecule has 0 fully saturated rings. The van der Waals surface area contributed by atoms with Gasteiger partial charge in [-0.2, -0.15) is 0 Å². The van der Waals surface area contributed by atoms with Gasteiger partial charge in [0.05, 0.1) is 5.69 Å². The van der Waals surface area contributed by atoms with Gasteiger partial charge in [-0.25, -0.2) is 4.79 Å². The average Bonchev–Trinajstić information content (AvgIpc) is 3.35. The molecule has 0 aliphatic heterocycles. The summed E-state index contributed by atoms with van der Waals surface area (Å²) in [5, 5.41) is 17.6. The molecule has 0 spiro atoms. The number of aryl methyl sites for hydroxylation is 1. The van der Waals surface area contributed by atoms with Gasteiger partial charge in [0.2, 0.25) is 11.8 Å². The summed E-state index contributed by atoms with van der Waals surface area (Å²) in [4.78, 5) is 36.1. The van der Waals surface area contributed by atoms with Gasteiger partial charge >= 0.3 is 12.1 Å². The first-order valence-electron chi connectivity index (χ1n) is 10.5. The number of fused-ring (bicyclic) bond motifs is 3. The molecule has 1 aromatic heterocycles. The summed E-state index contributed by atoms with van der Waals surface area (Å²) in [5.74, 6) is -1.74. The average molecular weight is 449 g/mol. The molecule has 0 saturated heterocycles. The maximum absolute atomic E-state index is 12.6. The Hall–Kier alpha value is -4.14. The van der Waals surface area contributed by atoms with E-state index in [1.807, 2.05) is 48.5 Å². The second-order valence-corrected chi connectivity index (χ2v) is 7.78. The van der Waals surface area contributed by atoms with Crippen molar-refractivity contribution >= 4 is 23.9 Å². The minimum absolute atomic E-state index is 0.0778. The highest BCUT2D eigenvalue weighted by atomic mass is 16.5. The van der Waals surface area contributed by atoms with E-state index in [0.29, 0.717) is 5.69 Å². The quantitative estimate of drug-likeness (QED) is 0.478. The van der Waals surface area contributed by atoms with Crippen LogP contribution in [0.2, 0.25) is 0 Å². The molecule has 0 bridgehead atoms. The zero-order valence-electron chi connectivity index (χ0n) is 17.9. The highest BCUT2D eigenvalue weighted by molar-refractivity contribution is 5.95.